The molecular weight excluding hydrogens is 336 g/mol. The molecule has 0 radical (unpaired) electrons. The van der Waals surface area contributed by atoms with Crippen LogP contribution in [0.15, 0.2) is 11.3 Å². The minimum atomic E-state index is -0.567. The number of halogens is 1. The maximum Gasteiger partial charge on any atom is 0.354 e. The van der Waals surface area contributed by atoms with Gasteiger partial charge in [-0.05, 0) is 12.5 Å². The molecule has 1 saturated heterocycles. The number of nitrogens with zero attached hydrogens (tertiary/aromatic N) is 1. The monoisotopic (exact) mass is 348 g/mol. The third kappa shape index (κ3) is 2.38. The van der Waals surface area contributed by atoms with Gasteiger partial charge in [-0.3, -0.25) is 14.5 Å². The van der Waals surface area contributed by atoms with Crippen molar-refractivity contribution in [3.63, 3.8) is 0 Å². The smallest absolute Gasteiger partial charge is 0.354 e. The van der Waals surface area contributed by atoms with Crippen LogP contribution in [0.2, 0.25) is 0 Å². The third-order valence-corrected chi connectivity index (χ3v) is 4.91. The lowest BCUT2D eigenvalue weighted by molar-refractivity contribution is -0.151. The van der Waals surface area contributed by atoms with Crippen molar-refractivity contribution in [1.29, 1.82) is 0 Å². The molecule has 0 aromatic carbocycles. The highest BCUT2D eigenvalue weighted by Crippen LogP contribution is 2.40. The van der Waals surface area contributed by atoms with Gasteiger partial charge in [0.1, 0.15) is 17.1 Å². The second-order valence-corrected chi connectivity index (χ2v) is 5.87. The highest BCUT2D eigenvalue weighted by molar-refractivity contribution is 9.09. The molecule has 2 amide bonds. The molecule has 0 unspecified atom stereocenters. The van der Waals surface area contributed by atoms with Crippen LogP contribution in [-0.4, -0.2) is 52.3 Å². The second kappa shape index (κ2) is 5.54. The highest BCUT2D eigenvalue weighted by atomic mass is 79.9. The molecule has 19 heavy (non-hydrogen) atoms. The standard InChI is InChI=1S/C11H13BrN2O4S/c1-5-4-19-10-7(13-6(15)3-12)9(16)14(10)8(5)11(17)18-2/h7,10H,3-4H2,1-2H3,(H,13,15)/t7-,10-/m1/s1. The Morgan fingerprint density at radius 2 is 2.26 bits per heavy atom. The molecule has 0 bridgehead atoms. The van der Waals surface area contributed by atoms with Crippen LogP contribution in [0.4, 0.5) is 0 Å². The van der Waals surface area contributed by atoms with Gasteiger partial charge < -0.3 is 10.1 Å². The van der Waals surface area contributed by atoms with E-state index in [-0.39, 0.29) is 22.5 Å². The molecule has 0 aliphatic carbocycles. The zero-order valence-electron chi connectivity index (χ0n) is 10.4. The maximum atomic E-state index is 12.1. The van der Waals surface area contributed by atoms with Gasteiger partial charge in [0.25, 0.3) is 5.91 Å². The number of carbonyl (C=O) groups excluding carboxylic acids is 3. The van der Waals surface area contributed by atoms with Gasteiger partial charge in [-0.2, -0.15) is 0 Å². The molecule has 104 valence electrons. The lowest BCUT2D eigenvalue weighted by Crippen LogP contribution is -2.70. The van der Waals surface area contributed by atoms with Crippen LogP contribution >= 0.6 is 27.7 Å². The van der Waals surface area contributed by atoms with Gasteiger partial charge in [-0.1, -0.05) is 15.9 Å². The number of hydrogen-bond acceptors (Lipinski definition) is 5. The number of hydrogen-bond donors (Lipinski definition) is 1. The largest absolute Gasteiger partial charge is 0.464 e. The molecule has 2 heterocycles. The summed E-state index contributed by atoms with van der Waals surface area (Å²) in [5, 5.41) is 2.55. The van der Waals surface area contributed by atoms with Crippen LogP contribution in [-0.2, 0) is 19.1 Å². The molecule has 2 atom stereocenters. The van der Waals surface area contributed by atoms with Crippen LogP contribution < -0.4 is 5.32 Å². The van der Waals surface area contributed by atoms with E-state index < -0.39 is 12.0 Å². The molecule has 2 aliphatic heterocycles. The number of thioether (sulfide) groups is 1. The number of amides is 2. The maximum absolute atomic E-state index is 12.1. The molecule has 0 saturated carbocycles. The van der Waals surface area contributed by atoms with Crippen molar-refractivity contribution in [1.82, 2.24) is 10.2 Å². The molecule has 0 aromatic heterocycles. The molecule has 2 rings (SSSR count). The summed E-state index contributed by atoms with van der Waals surface area (Å²) < 4.78 is 4.70. The van der Waals surface area contributed by atoms with Gasteiger partial charge in [0, 0.05) is 5.75 Å². The van der Waals surface area contributed by atoms with E-state index >= 15 is 0 Å². The van der Waals surface area contributed by atoms with Crippen LogP contribution in [0.5, 0.6) is 0 Å². The number of alkyl halides is 1. The summed E-state index contributed by atoms with van der Waals surface area (Å²) in [6, 6.07) is -0.567. The van der Waals surface area contributed by atoms with Crippen molar-refractivity contribution in [3.8, 4) is 0 Å². The lowest BCUT2D eigenvalue weighted by atomic mass is 10.0. The Kier molecular flexibility index (Phi) is 4.19. The van der Waals surface area contributed by atoms with Gasteiger partial charge >= 0.3 is 5.97 Å². The van der Waals surface area contributed by atoms with E-state index in [4.69, 9.17) is 4.74 Å². The van der Waals surface area contributed by atoms with Gasteiger partial charge in [-0.15, -0.1) is 11.8 Å². The lowest BCUT2D eigenvalue weighted by Gasteiger charge is -2.49. The van der Waals surface area contributed by atoms with Crippen LogP contribution in [0, 0.1) is 0 Å². The third-order valence-electron chi connectivity index (χ3n) is 2.98. The Hall–Kier alpha value is -1.02. The summed E-state index contributed by atoms with van der Waals surface area (Å²) in [6.45, 7) is 1.80. The summed E-state index contributed by atoms with van der Waals surface area (Å²) in [6.07, 6.45) is 0. The molecular formula is C11H13BrN2O4S. The molecule has 1 N–H and O–H groups in total. The Labute approximate surface area is 123 Å². The number of nitrogens with one attached hydrogen (secondary N) is 1. The molecule has 0 spiro atoms. The fraction of sp³-hybridized carbons (Fsp3) is 0.545. The first-order valence-corrected chi connectivity index (χ1v) is 7.76. The van der Waals surface area contributed by atoms with Crippen LogP contribution in [0.25, 0.3) is 0 Å². The number of fused-ring (bicyclic) bond motifs is 1. The average molecular weight is 349 g/mol. The van der Waals surface area contributed by atoms with Crippen molar-refractivity contribution in [3.05, 3.63) is 11.3 Å². The Morgan fingerprint density at radius 1 is 1.58 bits per heavy atom. The SMILES string of the molecule is COC(=O)C1=C(C)CS[C@@H]2[C@H](NC(=O)CBr)C(=O)N12. The summed E-state index contributed by atoms with van der Waals surface area (Å²) in [4.78, 5) is 36.5. The Morgan fingerprint density at radius 3 is 2.84 bits per heavy atom. The number of ether oxygens (including phenoxy) is 1. The molecule has 2 aliphatic rings. The average Bonchev–Trinajstić information content (AvgIpc) is 2.43. The Balaban J connectivity index is 2.18. The van der Waals surface area contributed by atoms with Crippen molar-refractivity contribution in [2.24, 2.45) is 0 Å². The molecule has 8 heteroatoms. The van der Waals surface area contributed by atoms with Crippen LogP contribution in [0.1, 0.15) is 6.92 Å². The highest BCUT2D eigenvalue weighted by Gasteiger charge is 2.53. The van der Waals surface area contributed by atoms with Gasteiger partial charge in [0.2, 0.25) is 5.91 Å². The number of β-lactam (4-membered cyclic amide) rings is 1. The fourth-order valence-corrected chi connectivity index (χ4v) is 3.53. The second-order valence-electron chi connectivity index (χ2n) is 4.21. The first-order chi connectivity index (χ1) is 9.01. The number of methoxy groups -OCH3 is 1. The quantitative estimate of drug-likeness (QED) is 0.449. The van der Waals surface area contributed by atoms with E-state index in [1.807, 2.05) is 0 Å². The van der Waals surface area contributed by atoms with E-state index in [9.17, 15) is 14.4 Å². The first-order valence-electron chi connectivity index (χ1n) is 5.59. The van der Waals surface area contributed by atoms with E-state index in [0.717, 1.165) is 5.57 Å². The van der Waals surface area contributed by atoms with E-state index in [2.05, 4.69) is 21.2 Å². The van der Waals surface area contributed by atoms with Crippen LogP contribution in [0.3, 0.4) is 0 Å². The number of carbonyl (C=O) groups is 3. The summed E-state index contributed by atoms with van der Waals surface area (Å²) in [5.41, 5.74) is 1.12. The fourth-order valence-electron chi connectivity index (χ4n) is 2.07. The zero-order valence-corrected chi connectivity index (χ0v) is 12.8. The topological polar surface area (TPSA) is 75.7 Å². The van der Waals surface area contributed by atoms with Gasteiger partial charge in [0.15, 0.2) is 0 Å². The van der Waals surface area contributed by atoms with Crippen molar-refractivity contribution >= 4 is 45.5 Å². The molecule has 6 nitrogen and oxygen atoms in total. The van der Waals surface area contributed by atoms with E-state index in [1.165, 1.54) is 23.8 Å². The number of rotatable bonds is 3. The van der Waals surface area contributed by atoms with E-state index in [0.29, 0.717) is 11.4 Å². The molecule has 1 fully saturated rings. The predicted octanol–water partition coefficient (Wildman–Crippen LogP) is 0.228. The van der Waals surface area contributed by atoms with Gasteiger partial charge in [-0.25, -0.2) is 4.79 Å². The van der Waals surface area contributed by atoms with Crippen molar-refractivity contribution in [2.75, 3.05) is 18.2 Å². The predicted molar refractivity (Wildman–Crippen MR) is 73.5 cm³/mol. The zero-order chi connectivity index (χ0) is 14.2. The Bertz CT molecular complexity index is 479. The van der Waals surface area contributed by atoms with Crippen molar-refractivity contribution < 1.29 is 19.1 Å². The minimum absolute atomic E-state index is 0.146. The first kappa shape index (κ1) is 14.4. The van der Waals surface area contributed by atoms with Gasteiger partial charge in [0.05, 0.1) is 12.4 Å². The van der Waals surface area contributed by atoms with E-state index in [1.54, 1.807) is 6.92 Å². The summed E-state index contributed by atoms with van der Waals surface area (Å²) >= 11 is 4.56. The molecule has 0 aromatic rings. The normalized spacial score (nSPS) is 25.6. The minimum Gasteiger partial charge on any atom is -0.464 e. The van der Waals surface area contributed by atoms with Crippen molar-refractivity contribution in [2.45, 2.75) is 18.3 Å². The number of esters is 1. The summed E-state index contributed by atoms with van der Waals surface area (Å²) in [7, 11) is 1.29. The summed E-state index contributed by atoms with van der Waals surface area (Å²) in [5.74, 6) is -0.392.